The molecule has 166 valence electrons. The largest absolute Gasteiger partial charge is 0.465 e. The fourth-order valence-corrected chi connectivity index (χ4v) is 3.49. The van der Waals surface area contributed by atoms with Gasteiger partial charge < -0.3 is 9.47 Å². The highest BCUT2D eigenvalue weighted by Crippen LogP contribution is 2.39. The van der Waals surface area contributed by atoms with Crippen LogP contribution >= 0.6 is 11.6 Å². The van der Waals surface area contributed by atoms with Gasteiger partial charge in [0.1, 0.15) is 5.60 Å². The van der Waals surface area contributed by atoms with Crippen molar-refractivity contribution in [2.24, 2.45) is 5.92 Å². The van der Waals surface area contributed by atoms with Crippen molar-refractivity contribution in [2.75, 3.05) is 11.9 Å². The van der Waals surface area contributed by atoms with E-state index in [1.807, 2.05) is 12.1 Å². The standard InChI is InChI=1S/C24H29ClN2O4/c1-5-30-22(28)19(12-15-6-7-15)20-10-8-16(14-26-20)18-13-17(25)9-11-21(18)27-23(29)31-24(2,3)4/h8-11,13-15,19H,5-7,12H2,1-4H3,(H,27,29). The number of ether oxygens (including phenoxy) is 2. The highest BCUT2D eigenvalue weighted by atomic mass is 35.5. The minimum absolute atomic E-state index is 0.232. The van der Waals surface area contributed by atoms with Crippen LogP contribution in [0, 0.1) is 5.92 Å². The van der Waals surface area contributed by atoms with E-state index in [9.17, 15) is 9.59 Å². The molecule has 1 aromatic carbocycles. The van der Waals surface area contributed by atoms with Crippen LogP contribution in [0.1, 0.15) is 58.6 Å². The molecule has 0 saturated heterocycles. The molecule has 1 fully saturated rings. The molecule has 1 N–H and O–H groups in total. The summed E-state index contributed by atoms with van der Waals surface area (Å²) in [6, 6.07) is 8.92. The zero-order valence-corrected chi connectivity index (χ0v) is 19.2. The molecule has 0 radical (unpaired) electrons. The van der Waals surface area contributed by atoms with Gasteiger partial charge in [0, 0.05) is 22.3 Å². The molecule has 3 rings (SSSR count). The molecule has 0 bridgehead atoms. The normalized spacial score (nSPS) is 14.6. The van der Waals surface area contributed by atoms with E-state index in [1.54, 1.807) is 52.1 Å². The Morgan fingerprint density at radius 2 is 1.97 bits per heavy atom. The van der Waals surface area contributed by atoms with Gasteiger partial charge in [-0.2, -0.15) is 0 Å². The fourth-order valence-electron chi connectivity index (χ4n) is 3.32. The van der Waals surface area contributed by atoms with Crippen LogP contribution in [0.2, 0.25) is 5.02 Å². The molecule has 1 unspecified atom stereocenters. The SMILES string of the molecule is CCOC(=O)C(CC1CC1)c1ccc(-c2cc(Cl)ccc2NC(=O)OC(C)(C)C)cn1. The second-order valence-corrected chi connectivity index (χ2v) is 9.21. The Bertz CT molecular complexity index is 934. The second-order valence-electron chi connectivity index (χ2n) is 8.77. The van der Waals surface area contributed by atoms with Crippen molar-refractivity contribution in [3.8, 4) is 11.1 Å². The van der Waals surface area contributed by atoms with Crippen LogP contribution in [0.5, 0.6) is 0 Å². The molecule has 1 aliphatic rings. The van der Waals surface area contributed by atoms with Crippen LogP contribution in [0.15, 0.2) is 36.5 Å². The first-order valence-corrected chi connectivity index (χ1v) is 11.0. The van der Waals surface area contributed by atoms with E-state index in [4.69, 9.17) is 21.1 Å². The Morgan fingerprint density at radius 3 is 2.55 bits per heavy atom. The Labute approximate surface area is 188 Å². The average molecular weight is 445 g/mol. The molecular weight excluding hydrogens is 416 g/mol. The third-order valence-electron chi connectivity index (χ3n) is 4.91. The van der Waals surface area contributed by atoms with Gasteiger partial charge in [0.25, 0.3) is 0 Å². The molecule has 0 spiro atoms. The number of halogens is 1. The molecule has 31 heavy (non-hydrogen) atoms. The average Bonchev–Trinajstić information content (AvgIpc) is 3.51. The van der Waals surface area contributed by atoms with E-state index >= 15 is 0 Å². The number of carbonyl (C=O) groups is 2. The molecule has 1 atom stereocenters. The van der Waals surface area contributed by atoms with Gasteiger partial charge >= 0.3 is 12.1 Å². The van der Waals surface area contributed by atoms with Crippen molar-refractivity contribution in [2.45, 2.75) is 58.5 Å². The third kappa shape index (κ3) is 6.69. The van der Waals surface area contributed by atoms with Crippen molar-refractivity contribution >= 4 is 29.4 Å². The molecule has 0 aliphatic heterocycles. The van der Waals surface area contributed by atoms with Crippen LogP contribution in [0.25, 0.3) is 11.1 Å². The minimum atomic E-state index is -0.608. The summed E-state index contributed by atoms with van der Waals surface area (Å²) in [5.41, 5.74) is 2.13. The Hall–Kier alpha value is -2.60. The first-order valence-electron chi connectivity index (χ1n) is 10.6. The van der Waals surface area contributed by atoms with Crippen LogP contribution < -0.4 is 5.32 Å². The van der Waals surface area contributed by atoms with E-state index in [0.717, 1.165) is 24.8 Å². The number of esters is 1. The molecule has 2 aromatic rings. The maximum absolute atomic E-state index is 12.5. The summed E-state index contributed by atoms with van der Waals surface area (Å²) in [5.74, 6) is -0.0293. The lowest BCUT2D eigenvalue weighted by molar-refractivity contribution is -0.145. The molecule has 7 heteroatoms. The number of aromatic nitrogens is 1. The first kappa shape index (κ1) is 23.1. The van der Waals surface area contributed by atoms with Crippen molar-refractivity contribution in [3.05, 3.63) is 47.2 Å². The van der Waals surface area contributed by atoms with Gasteiger partial charge in [0.2, 0.25) is 0 Å². The third-order valence-corrected chi connectivity index (χ3v) is 5.14. The number of nitrogens with one attached hydrogen (secondary N) is 1. The quantitative estimate of drug-likeness (QED) is 0.514. The number of anilines is 1. The molecule has 1 amide bonds. The summed E-state index contributed by atoms with van der Waals surface area (Å²) in [4.78, 5) is 29.3. The van der Waals surface area contributed by atoms with Crippen LogP contribution in [0.4, 0.5) is 10.5 Å². The Balaban J connectivity index is 1.85. The van der Waals surface area contributed by atoms with Crippen molar-refractivity contribution in [3.63, 3.8) is 0 Å². The number of hydrogen-bond donors (Lipinski definition) is 1. The Kier molecular flexibility index (Phi) is 7.21. The fraction of sp³-hybridized carbons (Fsp3) is 0.458. The van der Waals surface area contributed by atoms with E-state index in [-0.39, 0.29) is 11.9 Å². The Morgan fingerprint density at radius 1 is 1.23 bits per heavy atom. The number of rotatable bonds is 7. The molecule has 1 aliphatic carbocycles. The van der Waals surface area contributed by atoms with Gasteiger partial charge in [-0.1, -0.05) is 30.5 Å². The van der Waals surface area contributed by atoms with Gasteiger partial charge in [0.15, 0.2) is 0 Å². The summed E-state index contributed by atoms with van der Waals surface area (Å²) < 4.78 is 10.6. The van der Waals surface area contributed by atoms with E-state index in [1.165, 1.54) is 0 Å². The summed E-state index contributed by atoms with van der Waals surface area (Å²) in [7, 11) is 0. The summed E-state index contributed by atoms with van der Waals surface area (Å²) >= 11 is 6.21. The van der Waals surface area contributed by atoms with Crippen LogP contribution in [0.3, 0.4) is 0 Å². The number of hydrogen-bond acceptors (Lipinski definition) is 5. The van der Waals surface area contributed by atoms with Crippen LogP contribution in [-0.4, -0.2) is 29.3 Å². The van der Waals surface area contributed by atoms with Gasteiger partial charge in [-0.3, -0.25) is 15.1 Å². The lowest BCUT2D eigenvalue weighted by Gasteiger charge is -2.20. The van der Waals surface area contributed by atoms with Gasteiger partial charge in [-0.15, -0.1) is 0 Å². The lowest BCUT2D eigenvalue weighted by Crippen LogP contribution is -2.27. The number of nitrogens with zero attached hydrogens (tertiary/aromatic N) is 1. The highest BCUT2D eigenvalue weighted by Gasteiger charge is 2.32. The van der Waals surface area contributed by atoms with Crippen molar-refractivity contribution in [1.29, 1.82) is 0 Å². The molecule has 6 nitrogen and oxygen atoms in total. The first-order chi connectivity index (χ1) is 14.7. The summed E-state index contributed by atoms with van der Waals surface area (Å²) in [6.45, 7) is 7.57. The molecular formula is C24H29ClN2O4. The molecule has 1 saturated carbocycles. The number of amides is 1. The van der Waals surface area contributed by atoms with Crippen LogP contribution in [-0.2, 0) is 14.3 Å². The van der Waals surface area contributed by atoms with Gasteiger partial charge in [-0.05, 0) is 64.3 Å². The maximum Gasteiger partial charge on any atom is 0.412 e. The van der Waals surface area contributed by atoms with E-state index < -0.39 is 11.7 Å². The monoisotopic (exact) mass is 444 g/mol. The molecule has 1 aromatic heterocycles. The highest BCUT2D eigenvalue weighted by molar-refractivity contribution is 6.31. The maximum atomic E-state index is 12.5. The zero-order valence-electron chi connectivity index (χ0n) is 18.4. The van der Waals surface area contributed by atoms with Crippen molar-refractivity contribution in [1.82, 2.24) is 4.98 Å². The predicted octanol–water partition coefficient (Wildman–Crippen LogP) is 6.20. The topological polar surface area (TPSA) is 77.5 Å². The van der Waals surface area contributed by atoms with Gasteiger partial charge in [0.05, 0.1) is 23.9 Å². The smallest absolute Gasteiger partial charge is 0.412 e. The predicted molar refractivity (Wildman–Crippen MR) is 121 cm³/mol. The second kappa shape index (κ2) is 9.69. The molecule has 1 heterocycles. The zero-order chi connectivity index (χ0) is 22.6. The number of pyridine rings is 1. The van der Waals surface area contributed by atoms with Crippen molar-refractivity contribution < 1.29 is 19.1 Å². The van der Waals surface area contributed by atoms with Gasteiger partial charge in [-0.25, -0.2) is 4.79 Å². The van der Waals surface area contributed by atoms with E-state index in [2.05, 4.69) is 10.3 Å². The summed E-state index contributed by atoms with van der Waals surface area (Å²) in [6.07, 6.45) is 4.20. The lowest BCUT2D eigenvalue weighted by atomic mass is 9.96. The summed E-state index contributed by atoms with van der Waals surface area (Å²) in [5, 5.41) is 3.31. The number of carbonyl (C=O) groups excluding carboxylic acids is 2. The van der Waals surface area contributed by atoms with E-state index in [0.29, 0.717) is 34.5 Å². The minimum Gasteiger partial charge on any atom is -0.465 e. The number of benzene rings is 1.